The van der Waals surface area contributed by atoms with Gasteiger partial charge in [-0.3, -0.25) is 0 Å². The Labute approximate surface area is 138 Å². The van der Waals surface area contributed by atoms with Crippen LogP contribution in [0.4, 0.5) is 0 Å². The van der Waals surface area contributed by atoms with Crippen molar-refractivity contribution in [2.45, 2.75) is 26.7 Å². The van der Waals surface area contributed by atoms with E-state index >= 15 is 0 Å². The molecule has 0 N–H and O–H groups in total. The number of halogens is 1. The molecule has 0 heterocycles. The molecule has 0 radical (unpaired) electrons. The minimum absolute atomic E-state index is 0.149. The molecule has 0 amide bonds. The van der Waals surface area contributed by atoms with E-state index in [1.807, 2.05) is 29.5 Å². The lowest BCUT2D eigenvalue weighted by Gasteiger charge is -2.09. The second-order valence-electron chi connectivity index (χ2n) is 4.22. The smallest absolute Gasteiger partial charge is 0.344 e. The Morgan fingerprint density at radius 2 is 1.95 bits per heavy atom. The van der Waals surface area contributed by atoms with Gasteiger partial charge in [0.15, 0.2) is 6.61 Å². The van der Waals surface area contributed by atoms with Crippen molar-refractivity contribution in [2.24, 2.45) is 0 Å². The molecule has 0 unspecified atom stereocenters. The number of carbonyl (C=O) groups is 2. The van der Waals surface area contributed by atoms with Gasteiger partial charge < -0.3 is 14.2 Å². The summed E-state index contributed by atoms with van der Waals surface area (Å²) >= 11 is 2.04. The molecule has 0 aliphatic rings. The molecule has 0 fully saturated rings. The number of hydrogen-bond acceptors (Lipinski definition) is 5. The predicted molar refractivity (Wildman–Crippen MR) is 86.5 cm³/mol. The highest BCUT2D eigenvalue weighted by molar-refractivity contribution is 14.1. The van der Waals surface area contributed by atoms with Crippen LogP contribution in [0.1, 0.15) is 37.0 Å². The van der Waals surface area contributed by atoms with Gasteiger partial charge in [0.25, 0.3) is 0 Å². The molecule has 116 valence electrons. The Hall–Kier alpha value is -1.31. The monoisotopic (exact) mass is 406 g/mol. The third-order valence-corrected chi connectivity index (χ3v) is 3.45. The van der Waals surface area contributed by atoms with E-state index in [9.17, 15) is 9.59 Å². The van der Waals surface area contributed by atoms with Gasteiger partial charge in [-0.25, -0.2) is 9.59 Å². The van der Waals surface area contributed by atoms with Crippen molar-refractivity contribution in [1.82, 2.24) is 0 Å². The number of hydrogen-bond donors (Lipinski definition) is 0. The second kappa shape index (κ2) is 9.59. The van der Waals surface area contributed by atoms with E-state index < -0.39 is 5.97 Å². The molecule has 0 spiro atoms. The molecule has 0 bridgehead atoms. The first kappa shape index (κ1) is 17.7. The van der Waals surface area contributed by atoms with Gasteiger partial charge in [0, 0.05) is 3.57 Å². The largest absolute Gasteiger partial charge is 0.482 e. The molecule has 0 aromatic heterocycles. The van der Waals surface area contributed by atoms with Crippen molar-refractivity contribution in [2.75, 3.05) is 19.8 Å². The van der Waals surface area contributed by atoms with Crippen LogP contribution in [0.3, 0.4) is 0 Å². The summed E-state index contributed by atoms with van der Waals surface area (Å²) in [5.41, 5.74) is 0.496. The van der Waals surface area contributed by atoms with Gasteiger partial charge >= 0.3 is 11.9 Å². The first-order valence-corrected chi connectivity index (χ1v) is 7.91. The zero-order chi connectivity index (χ0) is 15.7. The summed E-state index contributed by atoms with van der Waals surface area (Å²) < 4.78 is 16.0. The van der Waals surface area contributed by atoms with E-state index in [1.165, 1.54) is 0 Å². The fourth-order valence-corrected chi connectivity index (χ4v) is 2.19. The molecular weight excluding hydrogens is 387 g/mol. The fraction of sp³-hybridized carbons (Fsp3) is 0.467. The quantitative estimate of drug-likeness (QED) is 0.377. The summed E-state index contributed by atoms with van der Waals surface area (Å²) in [4.78, 5) is 23.1. The van der Waals surface area contributed by atoms with Crippen molar-refractivity contribution in [3.05, 3.63) is 27.3 Å². The summed E-state index contributed by atoms with van der Waals surface area (Å²) in [5.74, 6) is -0.252. The average molecular weight is 406 g/mol. The summed E-state index contributed by atoms with van der Waals surface area (Å²) in [6, 6.07) is 4.96. The molecule has 5 nitrogen and oxygen atoms in total. The lowest BCUT2D eigenvalue weighted by atomic mass is 10.2. The molecule has 0 atom stereocenters. The zero-order valence-electron chi connectivity index (χ0n) is 12.2. The average Bonchev–Trinajstić information content (AvgIpc) is 2.45. The molecule has 0 aliphatic heterocycles. The number of unbranched alkanes of at least 4 members (excludes halogenated alkanes) is 1. The van der Waals surface area contributed by atoms with Crippen LogP contribution in [-0.2, 0) is 14.3 Å². The van der Waals surface area contributed by atoms with Crippen LogP contribution >= 0.6 is 22.6 Å². The Bertz CT molecular complexity index is 487. The lowest BCUT2D eigenvalue weighted by molar-refractivity contribution is -0.145. The highest BCUT2D eigenvalue weighted by Crippen LogP contribution is 2.20. The number of rotatable bonds is 8. The van der Waals surface area contributed by atoms with Crippen LogP contribution in [0.15, 0.2) is 18.2 Å². The van der Waals surface area contributed by atoms with Gasteiger partial charge in [-0.05, 0) is 54.1 Å². The van der Waals surface area contributed by atoms with Crippen LogP contribution in [0.5, 0.6) is 5.75 Å². The Balaban J connectivity index is 2.59. The standard InChI is InChI=1S/C15H19IO5/c1-3-5-8-20-15(18)12-7-6-11(9-13(12)16)21-10-14(17)19-4-2/h6-7,9H,3-5,8,10H2,1-2H3. The minimum Gasteiger partial charge on any atom is -0.482 e. The molecular formula is C15H19IO5. The maximum atomic E-state index is 11.9. The second-order valence-corrected chi connectivity index (χ2v) is 5.39. The van der Waals surface area contributed by atoms with Gasteiger partial charge in [0.05, 0.1) is 18.8 Å². The van der Waals surface area contributed by atoms with Crippen molar-refractivity contribution in [3.8, 4) is 5.75 Å². The third-order valence-electron chi connectivity index (χ3n) is 2.55. The third kappa shape index (κ3) is 6.33. The number of esters is 2. The van der Waals surface area contributed by atoms with Gasteiger partial charge in [0.1, 0.15) is 5.75 Å². The van der Waals surface area contributed by atoms with E-state index in [4.69, 9.17) is 14.2 Å². The zero-order valence-corrected chi connectivity index (χ0v) is 14.3. The summed E-state index contributed by atoms with van der Waals surface area (Å²) in [5, 5.41) is 0. The fourth-order valence-electron chi connectivity index (χ4n) is 1.48. The van der Waals surface area contributed by atoms with Crippen molar-refractivity contribution >= 4 is 34.5 Å². The first-order chi connectivity index (χ1) is 10.1. The van der Waals surface area contributed by atoms with E-state index in [1.54, 1.807) is 25.1 Å². The molecule has 0 aliphatic carbocycles. The topological polar surface area (TPSA) is 61.8 Å². The first-order valence-electron chi connectivity index (χ1n) is 6.83. The van der Waals surface area contributed by atoms with Crippen LogP contribution < -0.4 is 4.74 Å². The highest BCUT2D eigenvalue weighted by Gasteiger charge is 2.13. The summed E-state index contributed by atoms with van der Waals surface area (Å²) in [6.07, 6.45) is 1.83. The molecule has 0 saturated heterocycles. The predicted octanol–water partition coefficient (Wildman–Crippen LogP) is 3.19. The van der Waals surface area contributed by atoms with Crippen LogP contribution in [-0.4, -0.2) is 31.8 Å². The molecule has 6 heteroatoms. The Morgan fingerprint density at radius 1 is 1.19 bits per heavy atom. The molecule has 1 aromatic rings. The lowest BCUT2D eigenvalue weighted by Crippen LogP contribution is -2.15. The Morgan fingerprint density at radius 3 is 2.57 bits per heavy atom. The molecule has 0 saturated carbocycles. The van der Waals surface area contributed by atoms with E-state index in [0.717, 1.165) is 16.4 Å². The maximum absolute atomic E-state index is 11.9. The van der Waals surface area contributed by atoms with E-state index in [2.05, 4.69) is 0 Å². The molecule has 1 rings (SSSR count). The van der Waals surface area contributed by atoms with Gasteiger partial charge in [-0.1, -0.05) is 13.3 Å². The van der Waals surface area contributed by atoms with Gasteiger partial charge in [-0.2, -0.15) is 0 Å². The van der Waals surface area contributed by atoms with Gasteiger partial charge in [0.2, 0.25) is 0 Å². The molecule has 1 aromatic carbocycles. The summed E-state index contributed by atoms with van der Waals surface area (Å²) in [7, 11) is 0. The van der Waals surface area contributed by atoms with Crippen molar-refractivity contribution < 1.29 is 23.8 Å². The SMILES string of the molecule is CCCCOC(=O)c1ccc(OCC(=O)OCC)cc1I. The van der Waals surface area contributed by atoms with Crippen LogP contribution in [0.25, 0.3) is 0 Å². The minimum atomic E-state index is -0.421. The normalized spacial score (nSPS) is 10.0. The van der Waals surface area contributed by atoms with E-state index in [0.29, 0.717) is 24.5 Å². The summed E-state index contributed by atoms with van der Waals surface area (Å²) in [6.45, 7) is 4.37. The number of ether oxygens (including phenoxy) is 3. The van der Waals surface area contributed by atoms with Crippen LogP contribution in [0.2, 0.25) is 0 Å². The van der Waals surface area contributed by atoms with Crippen molar-refractivity contribution in [1.29, 1.82) is 0 Å². The van der Waals surface area contributed by atoms with Crippen molar-refractivity contribution in [3.63, 3.8) is 0 Å². The van der Waals surface area contributed by atoms with Crippen LogP contribution in [0, 0.1) is 3.57 Å². The Kier molecular flexibility index (Phi) is 8.11. The number of carbonyl (C=O) groups excluding carboxylic acids is 2. The number of benzene rings is 1. The van der Waals surface area contributed by atoms with E-state index in [-0.39, 0.29) is 12.6 Å². The molecule has 21 heavy (non-hydrogen) atoms. The maximum Gasteiger partial charge on any atom is 0.344 e. The highest BCUT2D eigenvalue weighted by atomic mass is 127. The van der Waals surface area contributed by atoms with Gasteiger partial charge in [-0.15, -0.1) is 0 Å².